The van der Waals surface area contributed by atoms with Gasteiger partial charge in [0.1, 0.15) is 11.3 Å². The third kappa shape index (κ3) is 3.29. The van der Waals surface area contributed by atoms with Crippen molar-refractivity contribution in [2.45, 2.75) is 11.4 Å². The lowest BCUT2D eigenvalue weighted by atomic mass is 10.2. The summed E-state index contributed by atoms with van der Waals surface area (Å²) < 4.78 is 27.3. The van der Waals surface area contributed by atoms with E-state index in [1.54, 1.807) is 22.7 Å². The van der Waals surface area contributed by atoms with Crippen LogP contribution in [-0.2, 0) is 16.6 Å². The molecule has 2 heterocycles. The van der Waals surface area contributed by atoms with Crippen LogP contribution in [-0.4, -0.2) is 30.8 Å². The van der Waals surface area contributed by atoms with Crippen LogP contribution in [0.5, 0.6) is 0 Å². The van der Waals surface area contributed by atoms with E-state index in [4.69, 9.17) is 0 Å². The molecule has 2 aromatic heterocycles. The lowest BCUT2D eigenvalue weighted by molar-refractivity contribution is 0.0946. The topological polar surface area (TPSA) is 92.6 Å². The second-order valence-electron chi connectivity index (χ2n) is 5.13. The van der Waals surface area contributed by atoms with E-state index in [0.29, 0.717) is 11.3 Å². The zero-order valence-electron chi connectivity index (χ0n) is 12.9. The van der Waals surface area contributed by atoms with Crippen LogP contribution in [0.4, 0.5) is 0 Å². The van der Waals surface area contributed by atoms with Gasteiger partial charge >= 0.3 is 0 Å². The first-order valence-electron chi connectivity index (χ1n) is 7.24. The maximum atomic E-state index is 12.2. The molecule has 124 valence electrons. The van der Waals surface area contributed by atoms with Gasteiger partial charge in [-0.25, -0.2) is 18.1 Å². The van der Waals surface area contributed by atoms with Crippen molar-refractivity contribution >= 4 is 21.6 Å². The van der Waals surface area contributed by atoms with Crippen molar-refractivity contribution < 1.29 is 13.2 Å². The molecule has 0 atom stereocenters. The number of imidazole rings is 1. The Morgan fingerprint density at radius 1 is 1.17 bits per heavy atom. The maximum Gasteiger partial charge on any atom is 0.271 e. The monoisotopic (exact) mass is 344 g/mol. The molecule has 7 nitrogen and oxygen atoms in total. The highest BCUT2D eigenvalue weighted by Gasteiger charge is 2.12. The number of nitrogens with one attached hydrogen (secondary N) is 2. The number of amides is 1. The first kappa shape index (κ1) is 16.2. The van der Waals surface area contributed by atoms with Crippen molar-refractivity contribution in [2.24, 2.45) is 0 Å². The lowest BCUT2D eigenvalue weighted by Crippen LogP contribution is -2.23. The number of hydrogen-bond donors (Lipinski definition) is 2. The number of aromatic nitrogens is 2. The molecule has 3 rings (SSSR count). The van der Waals surface area contributed by atoms with Gasteiger partial charge in [0, 0.05) is 18.9 Å². The van der Waals surface area contributed by atoms with Gasteiger partial charge in [-0.05, 0) is 36.9 Å². The predicted molar refractivity (Wildman–Crippen MR) is 89.0 cm³/mol. The molecule has 0 aliphatic heterocycles. The fraction of sp³-hybridized carbons (Fsp3) is 0.125. The Morgan fingerprint density at radius 3 is 2.58 bits per heavy atom. The minimum absolute atomic E-state index is 0.181. The van der Waals surface area contributed by atoms with Crippen LogP contribution in [0.15, 0.2) is 59.8 Å². The molecule has 0 spiro atoms. The maximum absolute atomic E-state index is 12.2. The largest absolute Gasteiger partial charge is 0.347 e. The molecule has 8 heteroatoms. The fourth-order valence-electron chi connectivity index (χ4n) is 2.22. The zero-order valence-corrected chi connectivity index (χ0v) is 13.7. The molecule has 0 radical (unpaired) electrons. The average molecular weight is 344 g/mol. The van der Waals surface area contributed by atoms with Crippen LogP contribution in [0.3, 0.4) is 0 Å². The van der Waals surface area contributed by atoms with E-state index in [0.717, 1.165) is 5.56 Å². The van der Waals surface area contributed by atoms with E-state index >= 15 is 0 Å². The standard InChI is InChI=1S/C16H16N4O3S/c1-17-24(22,23)13-7-5-12(6-8-13)10-18-16(21)14-11-20-9-3-2-4-15(20)19-14/h2-9,11,17H,10H2,1H3,(H,18,21). The number of carbonyl (C=O) groups excluding carboxylic acids is 1. The molecule has 0 fully saturated rings. The number of rotatable bonds is 5. The molecule has 1 aromatic carbocycles. The Hall–Kier alpha value is -2.71. The summed E-state index contributed by atoms with van der Waals surface area (Å²) in [6.07, 6.45) is 3.48. The van der Waals surface area contributed by atoms with E-state index < -0.39 is 10.0 Å². The molecule has 0 unspecified atom stereocenters. The van der Waals surface area contributed by atoms with Gasteiger partial charge < -0.3 is 9.72 Å². The summed E-state index contributed by atoms with van der Waals surface area (Å²) >= 11 is 0. The molecular weight excluding hydrogens is 328 g/mol. The molecule has 1 amide bonds. The number of fused-ring (bicyclic) bond motifs is 1. The lowest BCUT2D eigenvalue weighted by Gasteiger charge is -2.06. The van der Waals surface area contributed by atoms with Crippen LogP contribution in [0, 0.1) is 0 Å². The van der Waals surface area contributed by atoms with Crippen molar-refractivity contribution in [2.75, 3.05) is 7.05 Å². The molecule has 2 N–H and O–H groups in total. The van der Waals surface area contributed by atoms with Crippen molar-refractivity contribution in [3.05, 3.63) is 66.1 Å². The Morgan fingerprint density at radius 2 is 1.92 bits per heavy atom. The summed E-state index contributed by atoms with van der Waals surface area (Å²) in [5.41, 5.74) is 1.82. The van der Waals surface area contributed by atoms with Gasteiger partial charge in [-0.3, -0.25) is 4.79 Å². The Labute approximate surface area is 139 Å². The highest BCUT2D eigenvalue weighted by Crippen LogP contribution is 2.10. The van der Waals surface area contributed by atoms with Gasteiger partial charge in [-0.2, -0.15) is 0 Å². The smallest absolute Gasteiger partial charge is 0.271 e. The molecule has 24 heavy (non-hydrogen) atoms. The minimum atomic E-state index is -3.45. The van der Waals surface area contributed by atoms with Crippen molar-refractivity contribution in [3.63, 3.8) is 0 Å². The fourth-order valence-corrected chi connectivity index (χ4v) is 2.95. The summed E-state index contributed by atoms with van der Waals surface area (Å²) in [4.78, 5) is 16.6. The summed E-state index contributed by atoms with van der Waals surface area (Å²) in [6, 6.07) is 11.8. The average Bonchev–Trinajstić information content (AvgIpc) is 3.04. The van der Waals surface area contributed by atoms with Gasteiger partial charge in [0.2, 0.25) is 10.0 Å². The summed E-state index contributed by atoms with van der Waals surface area (Å²) in [5.74, 6) is -0.286. The molecule has 0 aliphatic carbocycles. The molecule has 3 aromatic rings. The molecule has 0 bridgehead atoms. The van der Waals surface area contributed by atoms with Gasteiger partial charge in [0.15, 0.2) is 0 Å². The molecular formula is C16H16N4O3S. The van der Waals surface area contributed by atoms with Crippen molar-refractivity contribution in [3.8, 4) is 0 Å². The van der Waals surface area contributed by atoms with E-state index in [1.165, 1.54) is 19.2 Å². The third-order valence-electron chi connectivity index (χ3n) is 3.55. The Balaban J connectivity index is 1.68. The van der Waals surface area contributed by atoms with Crippen LogP contribution >= 0.6 is 0 Å². The van der Waals surface area contributed by atoms with Crippen LogP contribution in [0.25, 0.3) is 5.65 Å². The Bertz CT molecular complexity index is 945. The van der Waals surface area contributed by atoms with Gasteiger partial charge in [-0.1, -0.05) is 18.2 Å². The van der Waals surface area contributed by atoms with E-state index in [-0.39, 0.29) is 17.3 Å². The molecule has 0 saturated heterocycles. The third-order valence-corrected chi connectivity index (χ3v) is 4.98. The SMILES string of the molecule is CNS(=O)(=O)c1ccc(CNC(=O)c2cn3ccccc3n2)cc1. The highest BCUT2D eigenvalue weighted by molar-refractivity contribution is 7.89. The number of benzene rings is 1. The first-order chi connectivity index (χ1) is 11.5. The van der Waals surface area contributed by atoms with Crippen molar-refractivity contribution in [1.29, 1.82) is 0 Å². The van der Waals surface area contributed by atoms with Crippen LogP contribution in [0.1, 0.15) is 16.1 Å². The highest BCUT2D eigenvalue weighted by atomic mass is 32.2. The predicted octanol–water partition coefficient (Wildman–Crippen LogP) is 1.17. The van der Waals surface area contributed by atoms with Crippen LogP contribution < -0.4 is 10.0 Å². The van der Waals surface area contributed by atoms with Gasteiger partial charge in [0.25, 0.3) is 5.91 Å². The number of sulfonamides is 1. The number of pyridine rings is 1. The van der Waals surface area contributed by atoms with E-state index in [1.807, 2.05) is 24.4 Å². The minimum Gasteiger partial charge on any atom is -0.347 e. The number of nitrogens with zero attached hydrogens (tertiary/aromatic N) is 2. The second kappa shape index (κ2) is 6.42. The van der Waals surface area contributed by atoms with Crippen LogP contribution in [0.2, 0.25) is 0 Å². The van der Waals surface area contributed by atoms with Crippen molar-refractivity contribution in [1.82, 2.24) is 19.4 Å². The Kier molecular flexibility index (Phi) is 4.32. The normalized spacial score (nSPS) is 11.5. The second-order valence-corrected chi connectivity index (χ2v) is 7.01. The molecule has 0 aliphatic rings. The quantitative estimate of drug-likeness (QED) is 0.727. The summed E-state index contributed by atoms with van der Waals surface area (Å²) in [7, 11) is -2.09. The van der Waals surface area contributed by atoms with Gasteiger partial charge in [-0.15, -0.1) is 0 Å². The van der Waals surface area contributed by atoms with E-state index in [9.17, 15) is 13.2 Å². The van der Waals surface area contributed by atoms with Gasteiger partial charge in [0.05, 0.1) is 4.90 Å². The first-order valence-corrected chi connectivity index (χ1v) is 8.72. The summed E-state index contributed by atoms with van der Waals surface area (Å²) in [5, 5.41) is 2.77. The summed E-state index contributed by atoms with van der Waals surface area (Å²) in [6.45, 7) is 0.284. The number of carbonyl (C=O) groups is 1. The van der Waals surface area contributed by atoms with E-state index in [2.05, 4.69) is 15.0 Å². The number of hydrogen-bond acceptors (Lipinski definition) is 4. The molecule has 0 saturated carbocycles. The zero-order chi connectivity index (χ0) is 17.2.